The molecule has 1 heterocycles. The second-order valence-electron chi connectivity index (χ2n) is 4.85. The normalized spacial score (nSPS) is 10.7. The largest absolute Gasteiger partial charge is 0.326 e. The highest BCUT2D eigenvalue weighted by molar-refractivity contribution is 5.63. The zero-order valence-electron chi connectivity index (χ0n) is 11.5. The van der Waals surface area contributed by atoms with Gasteiger partial charge in [-0.3, -0.25) is 0 Å². The summed E-state index contributed by atoms with van der Waals surface area (Å²) in [5, 5.41) is 4.69. The van der Waals surface area contributed by atoms with Gasteiger partial charge < -0.3 is 5.73 Å². The van der Waals surface area contributed by atoms with Crippen molar-refractivity contribution in [1.82, 2.24) is 9.78 Å². The molecule has 0 aliphatic heterocycles. The summed E-state index contributed by atoms with van der Waals surface area (Å²) in [6.45, 7) is 2.56. The molecule has 0 saturated heterocycles. The van der Waals surface area contributed by atoms with Crippen molar-refractivity contribution in [3.05, 3.63) is 71.9 Å². The average molecular weight is 263 g/mol. The molecule has 3 heteroatoms. The van der Waals surface area contributed by atoms with Crippen LogP contribution in [0.25, 0.3) is 16.9 Å². The van der Waals surface area contributed by atoms with Gasteiger partial charge in [-0.05, 0) is 19.1 Å². The quantitative estimate of drug-likeness (QED) is 0.788. The van der Waals surface area contributed by atoms with Crippen molar-refractivity contribution in [3.8, 4) is 16.9 Å². The summed E-state index contributed by atoms with van der Waals surface area (Å²) in [6.07, 6.45) is 2.00. The fraction of sp³-hybridized carbons (Fsp3) is 0.118. The van der Waals surface area contributed by atoms with Crippen LogP contribution in [-0.2, 0) is 6.54 Å². The minimum atomic E-state index is 0.482. The molecule has 20 heavy (non-hydrogen) atoms. The monoisotopic (exact) mass is 263 g/mol. The summed E-state index contributed by atoms with van der Waals surface area (Å²) in [5.41, 5.74) is 11.3. The third kappa shape index (κ3) is 2.36. The first-order chi connectivity index (χ1) is 9.78. The standard InChI is InChI=1S/C17H17N3/c1-13-7-9-14(10-8-13)17-15(11-18)12-20(19-17)16-5-3-2-4-6-16/h2-10,12H,11,18H2,1H3. The van der Waals surface area contributed by atoms with Gasteiger partial charge in [-0.15, -0.1) is 0 Å². The highest BCUT2D eigenvalue weighted by Gasteiger charge is 2.10. The number of aryl methyl sites for hydroxylation is 1. The summed E-state index contributed by atoms with van der Waals surface area (Å²) in [7, 11) is 0. The van der Waals surface area contributed by atoms with Gasteiger partial charge in [0.05, 0.1) is 11.4 Å². The van der Waals surface area contributed by atoms with Gasteiger partial charge in [0.2, 0.25) is 0 Å². The van der Waals surface area contributed by atoms with Crippen molar-refractivity contribution >= 4 is 0 Å². The molecule has 2 N–H and O–H groups in total. The zero-order chi connectivity index (χ0) is 13.9. The van der Waals surface area contributed by atoms with E-state index in [1.807, 2.05) is 41.2 Å². The molecule has 100 valence electrons. The maximum absolute atomic E-state index is 5.86. The predicted octanol–water partition coefficient (Wildman–Crippen LogP) is 3.31. The Morgan fingerprint density at radius 2 is 1.70 bits per heavy atom. The molecule has 0 atom stereocenters. The van der Waals surface area contributed by atoms with Crippen molar-refractivity contribution < 1.29 is 0 Å². The smallest absolute Gasteiger partial charge is 0.0972 e. The van der Waals surface area contributed by atoms with Gasteiger partial charge in [0, 0.05) is 23.9 Å². The molecule has 0 fully saturated rings. The van der Waals surface area contributed by atoms with Gasteiger partial charge in [0.25, 0.3) is 0 Å². The Bertz CT molecular complexity index is 697. The maximum Gasteiger partial charge on any atom is 0.0972 e. The van der Waals surface area contributed by atoms with Gasteiger partial charge in [-0.2, -0.15) is 5.10 Å². The van der Waals surface area contributed by atoms with E-state index in [9.17, 15) is 0 Å². The van der Waals surface area contributed by atoms with Crippen molar-refractivity contribution in [3.63, 3.8) is 0 Å². The van der Waals surface area contributed by atoms with Crippen LogP contribution in [0, 0.1) is 6.92 Å². The number of benzene rings is 2. The second kappa shape index (κ2) is 5.31. The molecular weight excluding hydrogens is 246 g/mol. The minimum Gasteiger partial charge on any atom is -0.326 e. The number of nitrogens with two attached hydrogens (primary N) is 1. The Hall–Kier alpha value is -2.39. The Morgan fingerprint density at radius 1 is 1.00 bits per heavy atom. The van der Waals surface area contributed by atoms with E-state index < -0.39 is 0 Å². The van der Waals surface area contributed by atoms with Crippen molar-refractivity contribution in [2.75, 3.05) is 0 Å². The van der Waals surface area contributed by atoms with E-state index in [4.69, 9.17) is 5.73 Å². The number of para-hydroxylation sites is 1. The first-order valence-electron chi connectivity index (χ1n) is 6.69. The number of nitrogens with zero attached hydrogens (tertiary/aromatic N) is 2. The topological polar surface area (TPSA) is 43.8 Å². The molecule has 3 nitrogen and oxygen atoms in total. The third-order valence-electron chi connectivity index (χ3n) is 3.36. The molecule has 1 aromatic heterocycles. The second-order valence-corrected chi connectivity index (χ2v) is 4.85. The summed E-state index contributed by atoms with van der Waals surface area (Å²) >= 11 is 0. The molecule has 3 aromatic rings. The lowest BCUT2D eigenvalue weighted by atomic mass is 10.1. The van der Waals surface area contributed by atoms with Crippen LogP contribution in [0.3, 0.4) is 0 Å². The number of rotatable bonds is 3. The van der Waals surface area contributed by atoms with Gasteiger partial charge in [0.15, 0.2) is 0 Å². The Morgan fingerprint density at radius 3 is 2.35 bits per heavy atom. The van der Waals surface area contributed by atoms with Crippen LogP contribution in [0.5, 0.6) is 0 Å². The molecule has 0 spiro atoms. The number of hydrogen-bond acceptors (Lipinski definition) is 2. The van der Waals surface area contributed by atoms with Crippen molar-refractivity contribution in [2.45, 2.75) is 13.5 Å². The van der Waals surface area contributed by atoms with Crippen LogP contribution in [0.1, 0.15) is 11.1 Å². The summed E-state index contributed by atoms with van der Waals surface area (Å²) < 4.78 is 1.89. The lowest BCUT2D eigenvalue weighted by Crippen LogP contribution is -1.96. The van der Waals surface area contributed by atoms with Gasteiger partial charge >= 0.3 is 0 Å². The lowest BCUT2D eigenvalue weighted by molar-refractivity contribution is 0.883. The zero-order valence-corrected chi connectivity index (χ0v) is 11.5. The Kier molecular flexibility index (Phi) is 3.35. The molecule has 0 amide bonds. The van der Waals surface area contributed by atoms with Crippen LogP contribution >= 0.6 is 0 Å². The van der Waals surface area contributed by atoms with E-state index in [-0.39, 0.29) is 0 Å². The molecule has 0 bridgehead atoms. The van der Waals surface area contributed by atoms with Crippen molar-refractivity contribution in [2.24, 2.45) is 5.73 Å². The Labute approximate surface area is 118 Å². The van der Waals surface area contributed by atoms with Gasteiger partial charge in [-0.25, -0.2) is 4.68 Å². The minimum absolute atomic E-state index is 0.482. The highest BCUT2D eigenvalue weighted by Crippen LogP contribution is 2.23. The average Bonchev–Trinajstić information content (AvgIpc) is 2.93. The van der Waals surface area contributed by atoms with Crippen molar-refractivity contribution in [1.29, 1.82) is 0 Å². The van der Waals surface area contributed by atoms with Crippen LogP contribution in [0.2, 0.25) is 0 Å². The SMILES string of the molecule is Cc1ccc(-c2nn(-c3ccccc3)cc2CN)cc1. The maximum atomic E-state index is 5.86. The third-order valence-corrected chi connectivity index (χ3v) is 3.36. The number of hydrogen-bond donors (Lipinski definition) is 1. The van der Waals surface area contributed by atoms with Crippen LogP contribution in [0.4, 0.5) is 0 Å². The summed E-state index contributed by atoms with van der Waals surface area (Å²) in [5.74, 6) is 0. The van der Waals surface area contributed by atoms with E-state index in [0.29, 0.717) is 6.54 Å². The van der Waals surface area contributed by atoms with Crippen LogP contribution < -0.4 is 5.73 Å². The molecule has 0 aliphatic carbocycles. The van der Waals surface area contributed by atoms with Gasteiger partial charge in [-0.1, -0.05) is 48.0 Å². The lowest BCUT2D eigenvalue weighted by Gasteiger charge is -2.01. The fourth-order valence-corrected chi connectivity index (χ4v) is 2.23. The molecule has 2 aromatic carbocycles. The molecular formula is C17H17N3. The van der Waals surface area contributed by atoms with E-state index in [0.717, 1.165) is 22.5 Å². The summed E-state index contributed by atoms with van der Waals surface area (Å²) in [4.78, 5) is 0. The van der Waals surface area contributed by atoms with Gasteiger partial charge in [0.1, 0.15) is 0 Å². The van der Waals surface area contributed by atoms with E-state index in [1.54, 1.807) is 0 Å². The molecule has 0 unspecified atom stereocenters. The highest BCUT2D eigenvalue weighted by atomic mass is 15.3. The molecule has 0 radical (unpaired) electrons. The predicted molar refractivity (Wildman–Crippen MR) is 81.6 cm³/mol. The molecule has 3 rings (SSSR count). The molecule has 0 saturated carbocycles. The first-order valence-corrected chi connectivity index (χ1v) is 6.69. The molecule has 0 aliphatic rings. The van der Waals surface area contributed by atoms with Crippen LogP contribution in [0.15, 0.2) is 60.8 Å². The van der Waals surface area contributed by atoms with E-state index in [1.165, 1.54) is 5.56 Å². The summed E-state index contributed by atoms with van der Waals surface area (Å²) in [6, 6.07) is 18.4. The van der Waals surface area contributed by atoms with E-state index >= 15 is 0 Å². The van der Waals surface area contributed by atoms with E-state index in [2.05, 4.69) is 36.3 Å². The number of aromatic nitrogens is 2. The van der Waals surface area contributed by atoms with Crippen LogP contribution in [-0.4, -0.2) is 9.78 Å². The first kappa shape index (κ1) is 12.6. The fourth-order valence-electron chi connectivity index (χ4n) is 2.23. The Balaban J connectivity index is 2.07.